The predicted octanol–water partition coefficient (Wildman–Crippen LogP) is 3.18. The molecule has 2 aromatic heterocycles. The van der Waals surface area contributed by atoms with Crippen molar-refractivity contribution in [2.24, 2.45) is 0 Å². The number of furan rings is 1. The molecule has 0 unspecified atom stereocenters. The molecule has 0 saturated heterocycles. The third-order valence-corrected chi connectivity index (χ3v) is 3.06. The molecule has 0 radical (unpaired) electrons. The lowest BCUT2D eigenvalue weighted by Crippen LogP contribution is -1.75. The van der Waals surface area contributed by atoms with Gasteiger partial charge in [-0.1, -0.05) is 11.3 Å². The normalized spacial score (nSPS) is 10.7. The van der Waals surface area contributed by atoms with Crippen molar-refractivity contribution in [1.82, 2.24) is 10.2 Å². The van der Waals surface area contributed by atoms with Gasteiger partial charge in [-0.25, -0.2) is 0 Å². The van der Waals surface area contributed by atoms with Crippen LogP contribution in [-0.4, -0.2) is 10.2 Å². The number of aromatic nitrogens is 2. The minimum atomic E-state index is 0.792. The Morgan fingerprint density at radius 1 is 1.38 bits per heavy atom. The molecule has 0 aromatic carbocycles. The van der Waals surface area contributed by atoms with Crippen LogP contribution in [0.5, 0.6) is 0 Å². The molecule has 0 atom stereocenters. The van der Waals surface area contributed by atoms with E-state index in [1.807, 2.05) is 19.9 Å². The molecule has 0 bridgehead atoms. The molecule has 2 aromatic rings. The van der Waals surface area contributed by atoms with Crippen molar-refractivity contribution in [2.45, 2.75) is 13.8 Å². The van der Waals surface area contributed by atoms with Gasteiger partial charge in [-0.15, -0.1) is 10.2 Å². The number of halogens is 1. The second-order valence-electron chi connectivity index (χ2n) is 2.69. The zero-order valence-electron chi connectivity index (χ0n) is 7.17. The molecule has 2 rings (SSSR count). The van der Waals surface area contributed by atoms with Gasteiger partial charge in [-0.05, 0) is 35.8 Å². The van der Waals surface area contributed by atoms with E-state index in [2.05, 4.69) is 26.1 Å². The van der Waals surface area contributed by atoms with Crippen LogP contribution in [0, 0.1) is 13.8 Å². The van der Waals surface area contributed by atoms with Gasteiger partial charge in [0.05, 0.1) is 5.56 Å². The van der Waals surface area contributed by atoms with Crippen molar-refractivity contribution in [3.63, 3.8) is 0 Å². The van der Waals surface area contributed by atoms with E-state index < -0.39 is 0 Å². The summed E-state index contributed by atoms with van der Waals surface area (Å²) in [6.07, 6.45) is 0. The molecule has 68 valence electrons. The van der Waals surface area contributed by atoms with Crippen molar-refractivity contribution in [3.05, 3.63) is 21.5 Å². The minimum absolute atomic E-state index is 0.792. The standard InChI is InChI=1S/C8H7BrN2OS/c1-4-3-6(5(2)12-4)7-10-11-8(9)13-7/h3H,1-2H3. The van der Waals surface area contributed by atoms with Crippen LogP contribution in [0.1, 0.15) is 11.5 Å². The SMILES string of the molecule is Cc1cc(-c2nnc(Br)s2)c(C)o1. The van der Waals surface area contributed by atoms with Crippen molar-refractivity contribution in [2.75, 3.05) is 0 Å². The van der Waals surface area contributed by atoms with E-state index in [0.717, 1.165) is 26.0 Å². The molecule has 0 amide bonds. The zero-order chi connectivity index (χ0) is 9.42. The molecule has 0 aliphatic rings. The van der Waals surface area contributed by atoms with Crippen molar-refractivity contribution in [3.8, 4) is 10.6 Å². The lowest BCUT2D eigenvalue weighted by Gasteiger charge is -1.87. The molecule has 13 heavy (non-hydrogen) atoms. The molecule has 3 nitrogen and oxygen atoms in total. The zero-order valence-corrected chi connectivity index (χ0v) is 9.57. The molecule has 0 fully saturated rings. The maximum atomic E-state index is 5.40. The molecule has 0 aliphatic carbocycles. The van der Waals surface area contributed by atoms with Gasteiger partial charge in [0, 0.05) is 0 Å². The van der Waals surface area contributed by atoms with Crippen LogP contribution in [-0.2, 0) is 0 Å². The van der Waals surface area contributed by atoms with E-state index in [-0.39, 0.29) is 0 Å². The van der Waals surface area contributed by atoms with Crippen molar-refractivity contribution >= 4 is 27.3 Å². The topological polar surface area (TPSA) is 38.9 Å². The van der Waals surface area contributed by atoms with Crippen LogP contribution in [0.3, 0.4) is 0 Å². The molecular weight excluding hydrogens is 252 g/mol. The van der Waals surface area contributed by atoms with Crippen LogP contribution >= 0.6 is 27.3 Å². The quantitative estimate of drug-likeness (QED) is 0.789. The molecule has 0 aliphatic heterocycles. The molecule has 0 spiro atoms. The fraction of sp³-hybridized carbons (Fsp3) is 0.250. The minimum Gasteiger partial charge on any atom is -0.466 e. The molecule has 2 heterocycles. The third kappa shape index (κ3) is 1.66. The summed E-state index contributed by atoms with van der Waals surface area (Å²) < 4.78 is 6.19. The Kier molecular flexibility index (Phi) is 2.21. The average Bonchev–Trinajstić information content (AvgIpc) is 2.58. The summed E-state index contributed by atoms with van der Waals surface area (Å²) >= 11 is 4.78. The molecule has 0 N–H and O–H groups in total. The van der Waals surface area contributed by atoms with Crippen LogP contribution in [0.15, 0.2) is 14.4 Å². The van der Waals surface area contributed by atoms with E-state index in [1.165, 1.54) is 11.3 Å². The van der Waals surface area contributed by atoms with E-state index >= 15 is 0 Å². The van der Waals surface area contributed by atoms with Crippen molar-refractivity contribution < 1.29 is 4.42 Å². The number of aryl methyl sites for hydroxylation is 2. The smallest absolute Gasteiger partial charge is 0.183 e. The fourth-order valence-corrected chi connectivity index (χ4v) is 2.33. The van der Waals surface area contributed by atoms with Gasteiger partial charge < -0.3 is 4.42 Å². The number of nitrogens with zero attached hydrogens (tertiary/aromatic N) is 2. The van der Waals surface area contributed by atoms with E-state index in [0.29, 0.717) is 0 Å². The largest absolute Gasteiger partial charge is 0.466 e. The van der Waals surface area contributed by atoms with Crippen LogP contribution in [0.2, 0.25) is 0 Å². The van der Waals surface area contributed by atoms with Gasteiger partial charge in [0.15, 0.2) is 8.92 Å². The Labute approximate surface area is 87.9 Å². The van der Waals surface area contributed by atoms with Crippen LogP contribution in [0.4, 0.5) is 0 Å². The first kappa shape index (κ1) is 8.90. The van der Waals surface area contributed by atoms with Crippen molar-refractivity contribution in [1.29, 1.82) is 0 Å². The average molecular weight is 259 g/mol. The monoisotopic (exact) mass is 258 g/mol. The molecule has 5 heteroatoms. The van der Waals surface area contributed by atoms with Gasteiger partial charge in [0.1, 0.15) is 11.5 Å². The van der Waals surface area contributed by atoms with Crippen LogP contribution < -0.4 is 0 Å². The van der Waals surface area contributed by atoms with Gasteiger partial charge in [-0.2, -0.15) is 0 Å². The first-order valence-electron chi connectivity index (χ1n) is 3.73. The molecular formula is C8H7BrN2OS. The Hall–Kier alpha value is -0.680. The summed E-state index contributed by atoms with van der Waals surface area (Å²) in [7, 11) is 0. The highest BCUT2D eigenvalue weighted by Crippen LogP contribution is 2.30. The number of hydrogen-bond donors (Lipinski definition) is 0. The highest BCUT2D eigenvalue weighted by Gasteiger charge is 2.11. The summed E-state index contributed by atoms with van der Waals surface area (Å²) in [6.45, 7) is 3.85. The van der Waals surface area contributed by atoms with Gasteiger partial charge in [-0.3, -0.25) is 0 Å². The predicted molar refractivity (Wildman–Crippen MR) is 54.8 cm³/mol. The summed E-state index contributed by atoms with van der Waals surface area (Å²) in [4.78, 5) is 0. The summed E-state index contributed by atoms with van der Waals surface area (Å²) in [5.74, 6) is 1.79. The Morgan fingerprint density at radius 3 is 2.62 bits per heavy atom. The summed E-state index contributed by atoms with van der Waals surface area (Å²) in [6, 6.07) is 1.97. The second-order valence-corrected chi connectivity index (χ2v) is 4.94. The van der Waals surface area contributed by atoms with E-state index in [4.69, 9.17) is 4.42 Å². The number of rotatable bonds is 1. The van der Waals surface area contributed by atoms with E-state index in [9.17, 15) is 0 Å². The second kappa shape index (κ2) is 3.23. The maximum absolute atomic E-state index is 5.40. The third-order valence-electron chi connectivity index (χ3n) is 1.67. The lowest BCUT2D eigenvalue weighted by atomic mass is 10.2. The summed E-state index contributed by atoms with van der Waals surface area (Å²) in [5.41, 5.74) is 1.03. The number of hydrogen-bond acceptors (Lipinski definition) is 4. The van der Waals surface area contributed by atoms with Crippen LogP contribution in [0.25, 0.3) is 10.6 Å². The van der Waals surface area contributed by atoms with Gasteiger partial charge in [0.2, 0.25) is 0 Å². The first-order valence-corrected chi connectivity index (χ1v) is 5.34. The lowest BCUT2D eigenvalue weighted by molar-refractivity contribution is 0.505. The Morgan fingerprint density at radius 2 is 2.15 bits per heavy atom. The molecule has 0 saturated carbocycles. The Balaban J connectivity index is 2.51. The summed E-state index contributed by atoms with van der Waals surface area (Å²) in [5, 5.41) is 8.80. The maximum Gasteiger partial charge on any atom is 0.183 e. The fourth-order valence-electron chi connectivity index (χ4n) is 1.16. The van der Waals surface area contributed by atoms with Gasteiger partial charge in [0.25, 0.3) is 0 Å². The highest BCUT2D eigenvalue weighted by atomic mass is 79.9. The van der Waals surface area contributed by atoms with E-state index in [1.54, 1.807) is 0 Å². The highest BCUT2D eigenvalue weighted by molar-refractivity contribution is 9.11. The van der Waals surface area contributed by atoms with Gasteiger partial charge >= 0.3 is 0 Å². The Bertz CT molecular complexity index is 435. The first-order chi connectivity index (χ1) is 6.16.